The van der Waals surface area contributed by atoms with Gasteiger partial charge in [-0.25, -0.2) is 4.79 Å². The second-order valence-electron chi connectivity index (χ2n) is 10.8. The number of ether oxygens (including phenoxy) is 1. The predicted octanol–water partition coefficient (Wildman–Crippen LogP) is 4.16. The first-order chi connectivity index (χ1) is 14.6. The van der Waals surface area contributed by atoms with E-state index in [-0.39, 0.29) is 17.9 Å². The number of carbonyl (C=O) groups excluding carboxylic acids is 3. The van der Waals surface area contributed by atoms with Crippen molar-refractivity contribution in [2.45, 2.75) is 104 Å². The number of amides is 3. The number of carbonyl (C=O) groups is 3. The van der Waals surface area contributed by atoms with E-state index in [0.29, 0.717) is 0 Å². The lowest BCUT2D eigenvalue weighted by Crippen LogP contribution is -2.54. The van der Waals surface area contributed by atoms with Gasteiger partial charge in [-0.05, 0) is 91.8 Å². The number of nitrogens with one attached hydrogen (secondary N) is 2. The highest BCUT2D eigenvalue weighted by atomic mass is 16.6. The number of aryl methyl sites for hydroxylation is 2. The molecule has 1 aromatic carbocycles. The van der Waals surface area contributed by atoms with E-state index in [1.165, 1.54) is 0 Å². The predicted molar refractivity (Wildman–Crippen MR) is 125 cm³/mol. The summed E-state index contributed by atoms with van der Waals surface area (Å²) < 4.78 is 5.30. The number of rotatable bonds is 6. The Balaban J connectivity index is 2.38. The molecule has 32 heavy (non-hydrogen) atoms. The molecule has 0 aliphatic heterocycles. The van der Waals surface area contributed by atoms with Gasteiger partial charge in [0.25, 0.3) is 0 Å². The molecule has 1 aromatic rings. The van der Waals surface area contributed by atoms with Crippen LogP contribution >= 0.6 is 0 Å². The van der Waals surface area contributed by atoms with Crippen molar-refractivity contribution >= 4 is 17.9 Å². The fraction of sp³-hybridized carbons (Fsp3) is 0.640. The summed E-state index contributed by atoms with van der Waals surface area (Å²) in [4.78, 5) is 40.9. The van der Waals surface area contributed by atoms with Crippen LogP contribution in [0.1, 0.15) is 84.0 Å². The maximum absolute atomic E-state index is 13.5. The summed E-state index contributed by atoms with van der Waals surface area (Å²) in [5.41, 5.74) is 1.82. The lowest BCUT2D eigenvalue weighted by molar-refractivity contribution is -0.143. The highest BCUT2D eigenvalue weighted by molar-refractivity contribution is 5.92. The zero-order chi connectivity index (χ0) is 24.4. The van der Waals surface area contributed by atoms with Crippen LogP contribution in [0.3, 0.4) is 0 Å². The fourth-order valence-electron chi connectivity index (χ4n) is 3.45. The lowest BCUT2D eigenvalue weighted by atomic mass is 9.97. The molecule has 0 bridgehead atoms. The summed E-state index contributed by atoms with van der Waals surface area (Å²) in [6.45, 7) is 16.7. The lowest BCUT2D eigenvalue weighted by Gasteiger charge is -2.35. The monoisotopic (exact) mass is 445 g/mol. The molecule has 3 amide bonds. The van der Waals surface area contributed by atoms with E-state index < -0.39 is 29.3 Å². The summed E-state index contributed by atoms with van der Waals surface area (Å²) in [6.07, 6.45) is 1.00. The minimum Gasteiger partial charge on any atom is -0.444 e. The van der Waals surface area contributed by atoms with Gasteiger partial charge in [0.15, 0.2) is 0 Å². The van der Waals surface area contributed by atoms with Crippen LogP contribution in [0.25, 0.3) is 0 Å². The van der Waals surface area contributed by atoms with Crippen LogP contribution < -0.4 is 10.6 Å². The topological polar surface area (TPSA) is 87.7 Å². The molecule has 0 aromatic heterocycles. The summed E-state index contributed by atoms with van der Waals surface area (Å²) >= 11 is 0. The summed E-state index contributed by atoms with van der Waals surface area (Å²) in [5.74, 6) is -0.531. The quantitative estimate of drug-likeness (QED) is 0.688. The normalized spacial score (nSPS) is 16.0. The van der Waals surface area contributed by atoms with Gasteiger partial charge in [0.2, 0.25) is 11.8 Å². The van der Waals surface area contributed by atoms with Crippen molar-refractivity contribution in [1.82, 2.24) is 15.5 Å². The van der Waals surface area contributed by atoms with E-state index in [0.717, 1.165) is 29.5 Å². The first-order valence-corrected chi connectivity index (χ1v) is 11.3. The van der Waals surface area contributed by atoms with Gasteiger partial charge in [-0.1, -0.05) is 18.2 Å². The molecular weight excluding hydrogens is 406 g/mol. The highest BCUT2D eigenvalue weighted by Gasteiger charge is 2.43. The van der Waals surface area contributed by atoms with E-state index >= 15 is 0 Å². The maximum Gasteiger partial charge on any atom is 0.408 e. The molecule has 178 valence electrons. The smallest absolute Gasteiger partial charge is 0.408 e. The van der Waals surface area contributed by atoms with Gasteiger partial charge in [-0.3, -0.25) is 9.59 Å². The van der Waals surface area contributed by atoms with Gasteiger partial charge in [0.05, 0.1) is 0 Å². The largest absolute Gasteiger partial charge is 0.444 e. The van der Waals surface area contributed by atoms with Crippen LogP contribution in [-0.4, -0.2) is 46.0 Å². The standard InChI is InChI=1S/C25H39N3O4/c1-15-10-11-18(14-16(15)2)20(21(29)27-24(4,5)6)28(19-12-13-19)22(30)17(3)26-23(31)32-25(7,8)9/h10-11,14,17,19-20H,12-13H2,1-9H3,(H,26,31)(H,27,29). The maximum atomic E-state index is 13.5. The molecule has 2 rings (SSSR count). The Hall–Kier alpha value is -2.57. The Morgan fingerprint density at radius 3 is 2.09 bits per heavy atom. The van der Waals surface area contributed by atoms with E-state index in [1.54, 1.807) is 32.6 Å². The van der Waals surface area contributed by atoms with E-state index in [1.807, 2.05) is 52.8 Å². The second kappa shape index (κ2) is 9.51. The number of alkyl carbamates (subject to hydrolysis) is 1. The third-order valence-corrected chi connectivity index (χ3v) is 5.17. The van der Waals surface area contributed by atoms with Crippen molar-refractivity contribution in [3.8, 4) is 0 Å². The van der Waals surface area contributed by atoms with Crippen molar-refractivity contribution in [3.05, 3.63) is 34.9 Å². The summed E-state index contributed by atoms with van der Waals surface area (Å²) in [7, 11) is 0. The third-order valence-electron chi connectivity index (χ3n) is 5.17. The average molecular weight is 446 g/mol. The van der Waals surface area contributed by atoms with E-state index in [9.17, 15) is 14.4 Å². The molecule has 1 fully saturated rings. The van der Waals surface area contributed by atoms with Gasteiger partial charge in [0, 0.05) is 11.6 Å². The molecule has 2 unspecified atom stereocenters. The molecule has 7 nitrogen and oxygen atoms in total. The van der Waals surface area contributed by atoms with Gasteiger partial charge in [-0.2, -0.15) is 0 Å². The van der Waals surface area contributed by atoms with Crippen molar-refractivity contribution in [3.63, 3.8) is 0 Å². The van der Waals surface area contributed by atoms with Crippen LogP contribution in [0.5, 0.6) is 0 Å². The van der Waals surface area contributed by atoms with E-state index in [2.05, 4.69) is 10.6 Å². The molecule has 1 saturated carbocycles. The molecule has 0 radical (unpaired) electrons. The first kappa shape index (κ1) is 25.7. The van der Waals surface area contributed by atoms with Gasteiger partial charge >= 0.3 is 6.09 Å². The average Bonchev–Trinajstić information content (AvgIpc) is 3.43. The fourth-order valence-corrected chi connectivity index (χ4v) is 3.45. The number of hydrogen-bond acceptors (Lipinski definition) is 4. The van der Waals surface area contributed by atoms with Crippen LogP contribution in [0.4, 0.5) is 4.79 Å². The Kier molecular flexibility index (Phi) is 7.63. The molecule has 1 aliphatic carbocycles. The van der Waals surface area contributed by atoms with Gasteiger partial charge in [0.1, 0.15) is 17.7 Å². The van der Waals surface area contributed by atoms with Crippen molar-refractivity contribution in [2.75, 3.05) is 0 Å². The molecule has 0 saturated heterocycles. The molecule has 0 spiro atoms. The van der Waals surface area contributed by atoms with Gasteiger partial charge < -0.3 is 20.3 Å². The Bertz CT molecular complexity index is 863. The SMILES string of the molecule is Cc1ccc(C(C(=O)NC(C)(C)C)N(C(=O)C(C)NC(=O)OC(C)(C)C)C2CC2)cc1C. The van der Waals surface area contributed by atoms with Crippen LogP contribution in [0.15, 0.2) is 18.2 Å². The summed E-state index contributed by atoms with van der Waals surface area (Å²) in [5, 5.41) is 5.66. The van der Waals surface area contributed by atoms with Crippen LogP contribution in [-0.2, 0) is 14.3 Å². The zero-order valence-corrected chi connectivity index (χ0v) is 21.0. The van der Waals surface area contributed by atoms with Crippen molar-refractivity contribution < 1.29 is 19.1 Å². The van der Waals surface area contributed by atoms with Gasteiger partial charge in [-0.15, -0.1) is 0 Å². The summed E-state index contributed by atoms with van der Waals surface area (Å²) in [6, 6.07) is 4.20. The molecule has 2 N–H and O–H groups in total. The molecule has 7 heteroatoms. The number of hydrogen-bond donors (Lipinski definition) is 2. The highest BCUT2D eigenvalue weighted by Crippen LogP contribution is 2.36. The third kappa shape index (κ3) is 7.24. The van der Waals surface area contributed by atoms with E-state index in [4.69, 9.17) is 4.74 Å². The van der Waals surface area contributed by atoms with Crippen LogP contribution in [0, 0.1) is 13.8 Å². The minimum atomic E-state index is -0.832. The van der Waals surface area contributed by atoms with Crippen molar-refractivity contribution in [1.29, 1.82) is 0 Å². The molecule has 1 aliphatic rings. The molecular formula is C25H39N3O4. The Labute approximate surface area is 192 Å². The second-order valence-corrected chi connectivity index (χ2v) is 10.8. The Morgan fingerprint density at radius 1 is 1.03 bits per heavy atom. The first-order valence-electron chi connectivity index (χ1n) is 11.3. The molecule has 0 heterocycles. The van der Waals surface area contributed by atoms with Crippen molar-refractivity contribution in [2.24, 2.45) is 0 Å². The number of nitrogens with zero attached hydrogens (tertiary/aromatic N) is 1. The minimum absolute atomic E-state index is 0.0392. The van der Waals surface area contributed by atoms with Crippen LogP contribution in [0.2, 0.25) is 0 Å². The zero-order valence-electron chi connectivity index (χ0n) is 21.0. The number of benzene rings is 1. The Morgan fingerprint density at radius 2 is 1.62 bits per heavy atom. The molecule has 2 atom stereocenters.